The van der Waals surface area contributed by atoms with Gasteiger partial charge in [0, 0.05) is 36.8 Å². The van der Waals surface area contributed by atoms with Gasteiger partial charge in [-0.15, -0.1) is 0 Å². The van der Waals surface area contributed by atoms with Gasteiger partial charge in [0.1, 0.15) is 13.2 Å². The molecule has 3 aromatic carbocycles. The highest BCUT2D eigenvalue weighted by Crippen LogP contribution is 2.34. The fraction of sp³-hybridized carbons (Fsp3) is 0.500. The van der Waals surface area contributed by atoms with E-state index in [1.54, 1.807) is 0 Å². The van der Waals surface area contributed by atoms with E-state index in [-0.39, 0.29) is 38.0 Å². The Labute approximate surface area is 259 Å². The summed E-state index contributed by atoms with van der Waals surface area (Å²) in [5.41, 5.74) is 1.86. The zero-order chi connectivity index (χ0) is 31.6. The first-order valence-electron chi connectivity index (χ1n) is 16.0. The number of aliphatic carboxylic acids is 2. The Morgan fingerprint density at radius 2 is 0.705 bits per heavy atom. The third kappa shape index (κ3) is 12.0. The first-order chi connectivity index (χ1) is 21.4. The van der Waals surface area contributed by atoms with Gasteiger partial charge in [0.15, 0.2) is 0 Å². The number of carboxylic acids is 2. The van der Waals surface area contributed by atoms with Crippen molar-refractivity contribution in [3.05, 3.63) is 59.7 Å². The van der Waals surface area contributed by atoms with Crippen LogP contribution in [0, 0.1) is 0 Å². The molecule has 8 nitrogen and oxygen atoms in total. The van der Waals surface area contributed by atoms with Crippen molar-refractivity contribution in [1.82, 2.24) is 0 Å². The Morgan fingerprint density at radius 3 is 1.00 bits per heavy atom. The van der Waals surface area contributed by atoms with Crippen LogP contribution in [0.4, 0.5) is 0 Å². The molecule has 0 saturated heterocycles. The molecule has 0 aliphatic heterocycles. The molecule has 0 heterocycles. The molecule has 3 rings (SSSR count). The predicted octanol–water partition coefficient (Wildman–Crippen LogP) is 8.49. The smallest absolute Gasteiger partial charge is 0.306 e. The summed E-state index contributed by atoms with van der Waals surface area (Å²) in [7, 11) is 0. The largest absolute Gasteiger partial charge is 0.481 e. The Kier molecular flexibility index (Phi) is 15.2. The molecule has 0 bridgehead atoms. The van der Waals surface area contributed by atoms with Crippen LogP contribution in [0.15, 0.2) is 48.5 Å². The number of rotatable bonds is 22. The number of carboxylic acid groups (broad SMARTS) is 2. The lowest BCUT2D eigenvalue weighted by Crippen LogP contribution is -2.08. The first-order valence-corrected chi connectivity index (χ1v) is 16.0. The van der Waals surface area contributed by atoms with E-state index in [2.05, 4.69) is 0 Å². The van der Waals surface area contributed by atoms with Gasteiger partial charge in [0.25, 0.3) is 0 Å². The summed E-state index contributed by atoms with van der Waals surface area (Å²) in [6.45, 7) is 0.316. The van der Waals surface area contributed by atoms with Crippen LogP contribution in [0.3, 0.4) is 0 Å². The minimum absolute atomic E-state index is 0.158. The van der Waals surface area contributed by atoms with Crippen molar-refractivity contribution in [2.24, 2.45) is 0 Å². The fourth-order valence-corrected chi connectivity index (χ4v) is 5.58. The number of ether oxygens (including phenoxy) is 2. The summed E-state index contributed by atoms with van der Waals surface area (Å²) in [4.78, 5) is 46.3. The van der Waals surface area contributed by atoms with Crippen molar-refractivity contribution in [2.45, 2.75) is 116 Å². The molecule has 0 unspecified atom stereocenters. The maximum Gasteiger partial charge on any atom is 0.306 e. The highest BCUT2D eigenvalue weighted by Gasteiger charge is 2.16. The van der Waals surface area contributed by atoms with E-state index in [1.807, 2.05) is 48.5 Å². The monoisotopic (exact) mass is 606 g/mol. The normalized spacial score (nSPS) is 11.1. The standard InChI is InChI=1S/C36H46O8/c37-33(38)21-9-5-1-3-7-11-23-35(41)43-25-31-27-17-13-15-19-29(27)32(30-20-16-14-18-28(30)31)26-44-36(42)24-12-8-4-2-6-10-22-34(39)40/h13-20H,1-12,21-26H2,(H,37,38)(H,39,40). The Bertz CT molecular complexity index is 1220. The van der Waals surface area contributed by atoms with Gasteiger partial charge in [-0.1, -0.05) is 99.9 Å². The Hall–Kier alpha value is -3.94. The third-order valence-corrected chi connectivity index (χ3v) is 7.95. The molecule has 0 fully saturated rings. The lowest BCUT2D eigenvalue weighted by atomic mass is 9.92. The number of hydrogen-bond donors (Lipinski definition) is 2. The van der Waals surface area contributed by atoms with Crippen LogP contribution >= 0.6 is 0 Å². The number of carbonyl (C=O) groups is 4. The molecular formula is C36H46O8. The summed E-state index contributed by atoms with van der Waals surface area (Å²) in [5, 5.41) is 21.3. The van der Waals surface area contributed by atoms with E-state index in [9.17, 15) is 19.2 Å². The molecule has 44 heavy (non-hydrogen) atoms. The summed E-state index contributed by atoms with van der Waals surface area (Å²) < 4.78 is 11.5. The average molecular weight is 607 g/mol. The van der Waals surface area contributed by atoms with Crippen LogP contribution in [0.25, 0.3) is 21.5 Å². The fourth-order valence-electron chi connectivity index (χ4n) is 5.58. The molecule has 0 amide bonds. The summed E-state index contributed by atoms with van der Waals surface area (Å²) in [6.07, 6.45) is 11.5. The van der Waals surface area contributed by atoms with Crippen molar-refractivity contribution < 1.29 is 38.9 Å². The number of esters is 2. The molecule has 0 atom stereocenters. The minimum atomic E-state index is -0.756. The molecule has 0 aliphatic carbocycles. The van der Waals surface area contributed by atoms with E-state index in [4.69, 9.17) is 19.7 Å². The van der Waals surface area contributed by atoms with Crippen LogP contribution in [-0.2, 0) is 41.9 Å². The second-order valence-corrected chi connectivity index (χ2v) is 11.4. The molecular weight excluding hydrogens is 560 g/mol. The van der Waals surface area contributed by atoms with E-state index >= 15 is 0 Å². The maximum absolute atomic E-state index is 12.6. The van der Waals surface area contributed by atoms with Crippen LogP contribution in [0.1, 0.15) is 114 Å². The zero-order valence-corrected chi connectivity index (χ0v) is 25.7. The number of benzene rings is 3. The second-order valence-electron chi connectivity index (χ2n) is 11.4. The van der Waals surface area contributed by atoms with Gasteiger partial charge in [0.2, 0.25) is 0 Å². The van der Waals surface area contributed by atoms with Gasteiger partial charge in [0.05, 0.1) is 0 Å². The highest BCUT2D eigenvalue weighted by atomic mass is 16.5. The van der Waals surface area contributed by atoms with Crippen LogP contribution < -0.4 is 0 Å². The third-order valence-electron chi connectivity index (χ3n) is 7.95. The van der Waals surface area contributed by atoms with E-state index in [1.165, 1.54) is 0 Å². The van der Waals surface area contributed by atoms with Crippen LogP contribution in [0.5, 0.6) is 0 Å². The van der Waals surface area contributed by atoms with E-state index < -0.39 is 11.9 Å². The highest BCUT2D eigenvalue weighted by molar-refractivity contribution is 6.05. The van der Waals surface area contributed by atoms with Crippen molar-refractivity contribution in [3.8, 4) is 0 Å². The molecule has 0 radical (unpaired) electrons. The zero-order valence-electron chi connectivity index (χ0n) is 25.7. The van der Waals surface area contributed by atoms with E-state index in [0.717, 1.165) is 96.9 Å². The lowest BCUT2D eigenvalue weighted by molar-refractivity contribution is -0.146. The number of fused-ring (bicyclic) bond motifs is 2. The molecule has 8 heteroatoms. The summed E-state index contributed by atoms with van der Waals surface area (Å²) in [6, 6.07) is 15.9. The van der Waals surface area contributed by atoms with Crippen molar-refractivity contribution >= 4 is 45.4 Å². The second kappa shape index (κ2) is 19.4. The van der Waals surface area contributed by atoms with Gasteiger partial charge in [-0.3, -0.25) is 19.2 Å². The van der Waals surface area contributed by atoms with Crippen LogP contribution in [-0.4, -0.2) is 34.1 Å². The molecule has 0 aromatic heterocycles. The maximum atomic E-state index is 12.6. The van der Waals surface area contributed by atoms with Gasteiger partial charge >= 0.3 is 23.9 Å². The van der Waals surface area contributed by atoms with Crippen molar-refractivity contribution in [3.63, 3.8) is 0 Å². The molecule has 0 saturated carbocycles. The first kappa shape index (κ1) is 34.5. The minimum Gasteiger partial charge on any atom is -0.481 e. The van der Waals surface area contributed by atoms with Crippen molar-refractivity contribution in [2.75, 3.05) is 0 Å². The summed E-state index contributed by atoms with van der Waals surface area (Å²) >= 11 is 0. The SMILES string of the molecule is O=C(O)CCCCCCCCC(=O)OCc1c2ccccc2c(COC(=O)CCCCCCCCC(=O)O)c2ccccc12. The molecule has 2 N–H and O–H groups in total. The number of hydrogen-bond acceptors (Lipinski definition) is 6. The summed E-state index contributed by atoms with van der Waals surface area (Å²) in [5.74, 6) is -1.98. The van der Waals surface area contributed by atoms with Gasteiger partial charge in [-0.2, -0.15) is 0 Å². The Balaban J connectivity index is 1.53. The van der Waals surface area contributed by atoms with Gasteiger partial charge < -0.3 is 19.7 Å². The topological polar surface area (TPSA) is 127 Å². The van der Waals surface area contributed by atoms with Gasteiger partial charge in [-0.25, -0.2) is 0 Å². The van der Waals surface area contributed by atoms with E-state index in [0.29, 0.717) is 25.7 Å². The molecule has 238 valence electrons. The van der Waals surface area contributed by atoms with Crippen molar-refractivity contribution in [1.29, 1.82) is 0 Å². The molecule has 3 aromatic rings. The molecule has 0 aliphatic rings. The Morgan fingerprint density at radius 1 is 0.432 bits per heavy atom. The van der Waals surface area contributed by atoms with Crippen LogP contribution in [0.2, 0.25) is 0 Å². The number of carbonyl (C=O) groups excluding carboxylic acids is 2. The quantitative estimate of drug-likeness (QED) is 0.0662. The average Bonchev–Trinajstić information content (AvgIpc) is 3.01. The molecule has 0 spiro atoms. The van der Waals surface area contributed by atoms with Gasteiger partial charge in [-0.05, 0) is 47.2 Å². The number of unbranched alkanes of at least 4 members (excludes halogenated alkanes) is 10. The predicted molar refractivity (Wildman–Crippen MR) is 170 cm³/mol. The lowest BCUT2D eigenvalue weighted by Gasteiger charge is -2.17.